The van der Waals surface area contributed by atoms with Crippen LogP contribution < -0.4 is 26.5 Å². The summed E-state index contributed by atoms with van der Waals surface area (Å²) in [5.74, 6) is -0.101. The molecule has 6 aromatic rings. The van der Waals surface area contributed by atoms with Crippen molar-refractivity contribution < 1.29 is 28.7 Å². The van der Waals surface area contributed by atoms with Crippen molar-refractivity contribution in [1.82, 2.24) is 50.3 Å². The van der Waals surface area contributed by atoms with Crippen LogP contribution in [0, 0.1) is 0 Å². The van der Waals surface area contributed by atoms with Crippen LogP contribution in [-0.4, -0.2) is 89.9 Å². The van der Waals surface area contributed by atoms with Crippen LogP contribution in [0.5, 0.6) is 0 Å². The average molecular weight is 831 g/mol. The number of nitrogens with one attached hydrogen (secondary N) is 5. The van der Waals surface area contributed by atoms with Gasteiger partial charge in [0.25, 0.3) is 0 Å². The number of carbonyl (C=O) groups excluding carboxylic acids is 4. The number of ether oxygens (including phenoxy) is 2. The molecule has 0 spiro atoms. The van der Waals surface area contributed by atoms with Crippen molar-refractivity contribution in [3.05, 3.63) is 95.0 Å². The molecule has 0 saturated carbocycles. The van der Waals surface area contributed by atoms with E-state index in [0.717, 1.165) is 33.3 Å². The number of esters is 2. The average Bonchev–Trinajstić information content (AvgIpc) is 3.96. The van der Waals surface area contributed by atoms with Gasteiger partial charge in [0.15, 0.2) is 22.9 Å². The number of urea groups is 2. The molecule has 0 saturated heterocycles. The zero-order chi connectivity index (χ0) is 44.2. The Balaban J connectivity index is 1.24. The molecule has 4 amide bonds. The minimum absolute atomic E-state index is 0.0234. The molecule has 0 unspecified atom stereocenters. The van der Waals surface area contributed by atoms with E-state index in [1.807, 2.05) is 30.3 Å². The molecular formula is C43H50N12O6. The molecule has 0 aliphatic heterocycles. The molecule has 6 rings (SSSR count). The predicted octanol–water partition coefficient (Wildman–Crippen LogP) is 5.45. The molecular weight excluding hydrogens is 781 g/mol. The van der Waals surface area contributed by atoms with Crippen molar-refractivity contribution in [1.29, 1.82) is 0 Å². The second-order valence-electron chi connectivity index (χ2n) is 16.5. The van der Waals surface area contributed by atoms with E-state index in [1.54, 1.807) is 47.4 Å². The number of aromatic nitrogens is 8. The van der Waals surface area contributed by atoms with Gasteiger partial charge in [0.2, 0.25) is 0 Å². The summed E-state index contributed by atoms with van der Waals surface area (Å²) in [7, 11) is 0. The summed E-state index contributed by atoms with van der Waals surface area (Å²) < 4.78 is 13.2. The maximum atomic E-state index is 12.4. The van der Waals surface area contributed by atoms with Crippen LogP contribution in [0.15, 0.2) is 72.8 Å². The van der Waals surface area contributed by atoms with E-state index < -0.39 is 24.0 Å². The van der Waals surface area contributed by atoms with Gasteiger partial charge in [0.05, 0.1) is 24.5 Å². The van der Waals surface area contributed by atoms with Crippen molar-refractivity contribution in [3.8, 4) is 22.8 Å². The minimum Gasteiger partial charge on any atom is -0.460 e. The number of carbonyl (C=O) groups is 4. The van der Waals surface area contributed by atoms with Crippen LogP contribution in [0.1, 0.15) is 72.3 Å². The quantitative estimate of drug-likeness (QED) is 0.0559. The number of rotatable bonds is 13. The number of aromatic amines is 1. The zero-order valence-corrected chi connectivity index (χ0v) is 35.5. The maximum absolute atomic E-state index is 12.4. The Hall–Kier alpha value is -7.37. The van der Waals surface area contributed by atoms with E-state index >= 15 is 0 Å². The van der Waals surface area contributed by atoms with E-state index in [1.165, 1.54) is 0 Å². The third-order valence-corrected chi connectivity index (χ3v) is 9.11. The highest BCUT2D eigenvalue weighted by molar-refractivity contribution is 5.91. The van der Waals surface area contributed by atoms with E-state index in [9.17, 15) is 19.2 Å². The van der Waals surface area contributed by atoms with Gasteiger partial charge in [-0.1, -0.05) is 54.7 Å². The number of hydrogen-bond acceptors (Lipinski definition) is 11. The highest BCUT2D eigenvalue weighted by atomic mass is 16.5. The van der Waals surface area contributed by atoms with Crippen LogP contribution in [-0.2, 0) is 29.9 Å². The lowest BCUT2D eigenvalue weighted by atomic mass is 9.88. The monoisotopic (exact) mass is 830 g/mol. The van der Waals surface area contributed by atoms with Crippen LogP contribution in [0.3, 0.4) is 0 Å². The van der Waals surface area contributed by atoms with Crippen molar-refractivity contribution in [2.75, 3.05) is 36.9 Å². The van der Waals surface area contributed by atoms with Gasteiger partial charge in [-0.15, -0.1) is 14.8 Å². The van der Waals surface area contributed by atoms with Gasteiger partial charge in [-0.05, 0) is 68.5 Å². The Morgan fingerprint density at radius 1 is 0.689 bits per heavy atom. The summed E-state index contributed by atoms with van der Waals surface area (Å²) in [6.07, 6.45) is 2.04. The summed E-state index contributed by atoms with van der Waals surface area (Å²) in [4.78, 5) is 57.8. The summed E-state index contributed by atoms with van der Waals surface area (Å²) in [5.41, 5.74) is 6.13. The zero-order valence-electron chi connectivity index (χ0n) is 35.5. The predicted molar refractivity (Wildman–Crippen MR) is 231 cm³/mol. The van der Waals surface area contributed by atoms with E-state index in [4.69, 9.17) is 34.7 Å². The second kappa shape index (κ2) is 17.5. The molecule has 18 nitrogen and oxygen atoms in total. The largest absolute Gasteiger partial charge is 0.460 e. The highest BCUT2D eigenvalue weighted by Gasteiger charge is 2.28. The lowest BCUT2D eigenvalue weighted by Gasteiger charge is -2.18. The number of hydrogen-bond donors (Lipinski definition) is 5. The standard InChI is InChI=1S/C43H50N12O6/c1-24(2)38(56)60-21-19-44-40(58)46-28-15-11-26(12-16-28)34-48-36-30(32(42(5,6)7)50-54(36)52-34)23-31-33(43(8,9)10)51-55-37(31)49-35(53-55)27-13-17-29(18-14-27)47-41(59)45-20-22-61-39(57)25(3)4/h11-18,23,50H,1,3,19-22H2,2,4-10H3,(H2,44,46,58)(H2,45,47,59)/b31-23-. The minimum atomic E-state index is -0.514. The van der Waals surface area contributed by atoms with Crippen LogP contribution >= 0.6 is 0 Å². The first-order valence-electron chi connectivity index (χ1n) is 19.5. The van der Waals surface area contributed by atoms with Gasteiger partial charge >= 0.3 is 24.0 Å². The van der Waals surface area contributed by atoms with Gasteiger partial charge in [0.1, 0.15) is 13.2 Å². The van der Waals surface area contributed by atoms with E-state index in [-0.39, 0.29) is 48.3 Å². The van der Waals surface area contributed by atoms with Crippen LogP contribution in [0.25, 0.3) is 40.1 Å². The van der Waals surface area contributed by atoms with Crippen molar-refractivity contribution >= 4 is 52.7 Å². The Bertz CT molecular complexity index is 2700. The first-order valence-corrected chi connectivity index (χ1v) is 19.5. The fourth-order valence-corrected chi connectivity index (χ4v) is 6.04. The molecule has 61 heavy (non-hydrogen) atoms. The lowest BCUT2D eigenvalue weighted by molar-refractivity contribution is -0.139. The fraction of sp³-hybridized carbons (Fsp3) is 0.326. The number of benzene rings is 2. The molecule has 4 aromatic heterocycles. The summed E-state index contributed by atoms with van der Waals surface area (Å²) in [6.45, 7) is 23.1. The summed E-state index contributed by atoms with van der Waals surface area (Å²) in [6, 6.07) is 13.3. The van der Waals surface area contributed by atoms with E-state index in [2.05, 4.69) is 81.1 Å². The topological polar surface area (TPSA) is 224 Å². The highest BCUT2D eigenvalue weighted by Crippen LogP contribution is 2.30. The SMILES string of the molecule is C=C(C)C(=O)OCCNC(=O)Nc1ccc(-c2nc3/c(=C\c4c(C(C)(C)C)[nH]n5nc(-c6ccc(NC(=O)NCCOC(=O)C(=C)C)cc6)nc45)c(C(C)(C)C)nn3n2)cc1. The van der Waals surface area contributed by atoms with E-state index in [0.29, 0.717) is 34.3 Å². The molecule has 5 N–H and O–H groups in total. The normalized spacial score (nSPS) is 12.0. The Morgan fingerprint density at radius 2 is 1.16 bits per heavy atom. The van der Waals surface area contributed by atoms with Gasteiger partial charge in [-0.3, -0.25) is 5.10 Å². The molecule has 0 atom stereocenters. The Labute approximate surface area is 351 Å². The number of fused-ring (bicyclic) bond motifs is 2. The smallest absolute Gasteiger partial charge is 0.333 e. The molecule has 0 bridgehead atoms. The molecule has 0 fully saturated rings. The molecule has 0 radical (unpaired) electrons. The maximum Gasteiger partial charge on any atom is 0.333 e. The van der Waals surface area contributed by atoms with Gasteiger partial charge in [-0.2, -0.15) is 9.73 Å². The lowest BCUT2D eigenvalue weighted by Crippen LogP contribution is -2.32. The third kappa shape index (κ3) is 10.3. The molecule has 0 aliphatic rings. The molecule has 4 heterocycles. The number of nitrogens with zero attached hydrogens (tertiary/aromatic N) is 7. The second-order valence-corrected chi connectivity index (χ2v) is 16.5. The first-order chi connectivity index (χ1) is 28.8. The van der Waals surface area contributed by atoms with Gasteiger partial charge in [0, 0.05) is 55.3 Å². The molecule has 18 heteroatoms. The molecule has 0 aliphatic carbocycles. The Kier molecular flexibility index (Phi) is 12.4. The van der Waals surface area contributed by atoms with Crippen LogP contribution in [0.4, 0.5) is 21.0 Å². The Morgan fingerprint density at radius 3 is 1.62 bits per heavy atom. The fourth-order valence-electron chi connectivity index (χ4n) is 6.04. The van der Waals surface area contributed by atoms with Gasteiger partial charge < -0.3 is 30.7 Å². The third-order valence-electron chi connectivity index (χ3n) is 9.11. The van der Waals surface area contributed by atoms with Crippen molar-refractivity contribution in [2.24, 2.45) is 0 Å². The number of H-pyrrole nitrogens is 1. The van der Waals surface area contributed by atoms with Crippen molar-refractivity contribution in [2.45, 2.75) is 66.2 Å². The van der Waals surface area contributed by atoms with Crippen LogP contribution in [0.2, 0.25) is 0 Å². The molecule has 2 aromatic carbocycles. The van der Waals surface area contributed by atoms with Crippen molar-refractivity contribution in [3.63, 3.8) is 0 Å². The summed E-state index contributed by atoms with van der Waals surface area (Å²) in [5, 5.41) is 29.5. The summed E-state index contributed by atoms with van der Waals surface area (Å²) >= 11 is 0. The molecule has 318 valence electrons. The number of anilines is 2. The number of amides is 4. The first kappa shape index (κ1) is 43.2. The van der Waals surface area contributed by atoms with Gasteiger partial charge in [-0.25, -0.2) is 29.1 Å².